The van der Waals surface area contributed by atoms with Crippen LogP contribution in [0.4, 0.5) is 8.78 Å². The van der Waals surface area contributed by atoms with E-state index in [0.29, 0.717) is 12.1 Å². The highest BCUT2D eigenvalue weighted by Crippen LogP contribution is 2.26. The molecule has 1 aromatic carbocycles. The number of likely N-dealkylation sites (tertiary alicyclic amines) is 1. The molecule has 0 saturated carbocycles. The molecule has 1 heterocycles. The lowest BCUT2D eigenvalue weighted by Crippen LogP contribution is -2.38. The second-order valence-electron chi connectivity index (χ2n) is 5.21. The van der Waals surface area contributed by atoms with E-state index in [1.165, 1.54) is 0 Å². The molecule has 0 amide bonds. The van der Waals surface area contributed by atoms with Gasteiger partial charge < -0.3 is 0 Å². The van der Waals surface area contributed by atoms with Crippen LogP contribution in [0.3, 0.4) is 0 Å². The Bertz CT molecular complexity index is 475. The van der Waals surface area contributed by atoms with Gasteiger partial charge in [0.1, 0.15) is 11.6 Å². The Kier molecular flexibility index (Phi) is 4.30. The average Bonchev–Trinajstić information content (AvgIpc) is 2.73. The van der Waals surface area contributed by atoms with E-state index in [-0.39, 0.29) is 17.9 Å². The van der Waals surface area contributed by atoms with Crippen molar-refractivity contribution in [3.05, 3.63) is 35.4 Å². The van der Waals surface area contributed by atoms with Crippen molar-refractivity contribution in [1.82, 2.24) is 4.90 Å². The third-order valence-electron chi connectivity index (χ3n) is 3.98. The van der Waals surface area contributed by atoms with Gasteiger partial charge in [-0.1, -0.05) is 6.92 Å². The number of hydrogen-bond donors (Lipinski definition) is 0. The van der Waals surface area contributed by atoms with Gasteiger partial charge in [-0.15, -0.1) is 0 Å². The molecule has 1 aliphatic heterocycles. The van der Waals surface area contributed by atoms with Gasteiger partial charge in [0.25, 0.3) is 0 Å². The summed E-state index contributed by atoms with van der Waals surface area (Å²) in [7, 11) is 0. The van der Waals surface area contributed by atoms with Crippen molar-refractivity contribution in [3.63, 3.8) is 0 Å². The van der Waals surface area contributed by atoms with E-state index in [1.807, 2.05) is 0 Å². The number of rotatable bonds is 4. The molecule has 1 aromatic rings. The van der Waals surface area contributed by atoms with Crippen LogP contribution in [0.15, 0.2) is 18.2 Å². The molecule has 2 atom stereocenters. The first kappa shape index (κ1) is 14.1. The van der Waals surface area contributed by atoms with E-state index < -0.39 is 11.6 Å². The maximum Gasteiger partial charge on any atom is 0.179 e. The first-order valence-corrected chi connectivity index (χ1v) is 6.77. The van der Waals surface area contributed by atoms with Crippen molar-refractivity contribution < 1.29 is 13.6 Å². The van der Waals surface area contributed by atoms with Crippen molar-refractivity contribution in [2.24, 2.45) is 0 Å². The third-order valence-corrected chi connectivity index (χ3v) is 3.98. The summed E-state index contributed by atoms with van der Waals surface area (Å²) in [5.74, 6) is -1.57. The molecule has 1 aliphatic rings. The Balaban J connectivity index is 2.14. The van der Waals surface area contributed by atoms with Crippen LogP contribution in [0.2, 0.25) is 0 Å². The van der Waals surface area contributed by atoms with Crippen LogP contribution < -0.4 is 0 Å². The summed E-state index contributed by atoms with van der Waals surface area (Å²) in [4.78, 5) is 14.2. The van der Waals surface area contributed by atoms with Crippen molar-refractivity contribution >= 4 is 5.78 Å². The maximum absolute atomic E-state index is 13.6. The molecule has 0 radical (unpaired) electrons. The largest absolute Gasteiger partial charge is 0.293 e. The van der Waals surface area contributed by atoms with Crippen molar-refractivity contribution in [1.29, 1.82) is 0 Å². The van der Waals surface area contributed by atoms with Crippen LogP contribution in [0.5, 0.6) is 0 Å². The average molecular weight is 267 g/mol. The summed E-state index contributed by atoms with van der Waals surface area (Å²) < 4.78 is 26.7. The first-order valence-electron chi connectivity index (χ1n) is 6.77. The molecule has 2 rings (SSSR count). The van der Waals surface area contributed by atoms with Crippen LogP contribution in [-0.2, 0) is 0 Å². The quantitative estimate of drug-likeness (QED) is 0.779. The Labute approximate surface area is 112 Å². The number of ketones is 1. The molecule has 0 bridgehead atoms. The number of carbonyl (C=O) groups excluding carboxylic acids is 1. The minimum Gasteiger partial charge on any atom is -0.293 e. The van der Waals surface area contributed by atoms with E-state index in [9.17, 15) is 13.6 Å². The summed E-state index contributed by atoms with van der Waals surface area (Å²) in [5.41, 5.74) is -0.144. The molecule has 1 fully saturated rings. The van der Waals surface area contributed by atoms with Gasteiger partial charge in [0.05, 0.1) is 12.1 Å². The summed E-state index contributed by atoms with van der Waals surface area (Å²) in [6, 6.07) is 3.72. The monoisotopic (exact) mass is 267 g/mol. The standard InChI is InChI=1S/C15H19F2NO/c1-3-12-6-4-10(2)18(12)9-15(19)13-8-11(16)5-7-14(13)17/h5,7-8,10,12H,3-4,6,9H2,1-2H3. The van der Waals surface area contributed by atoms with Crippen molar-refractivity contribution in [2.75, 3.05) is 6.54 Å². The van der Waals surface area contributed by atoms with E-state index in [4.69, 9.17) is 0 Å². The summed E-state index contributed by atoms with van der Waals surface area (Å²) >= 11 is 0. The fourth-order valence-corrected chi connectivity index (χ4v) is 2.81. The van der Waals surface area contributed by atoms with Gasteiger partial charge in [-0.3, -0.25) is 9.69 Å². The lowest BCUT2D eigenvalue weighted by Gasteiger charge is -2.26. The lowest BCUT2D eigenvalue weighted by molar-refractivity contribution is 0.0884. The maximum atomic E-state index is 13.6. The molecule has 104 valence electrons. The number of halogens is 2. The summed E-state index contributed by atoms with van der Waals surface area (Å²) in [5, 5.41) is 0. The Morgan fingerprint density at radius 3 is 2.79 bits per heavy atom. The molecule has 19 heavy (non-hydrogen) atoms. The van der Waals surface area contributed by atoms with Gasteiger partial charge in [-0.2, -0.15) is 0 Å². The first-order chi connectivity index (χ1) is 9.02. The summed E-state index contributed by atoms with van der Waals surface area (Å²) in [6.07, 6.45) is 3.09. The Morgan fingerprint density at radius 1 is 1.37 bits per heavy atom. The third kappa shape index (κ3) is 3.00. The molecule has 0 N–H and O–H groups in total. The van der Waals surface area contributed by atoms with Gasteiger partial charge in [0.2, 0.25) is 0 Å². The minimum atomic E-state index is -0.647. The molecule has 0 spiro atoms. The van der Waals surface area contributed by atoms with Crippen molar-refractivity contribution in [2.45, 2.75) is 45.2 Å². The van der Waals surface area contributed by atoms with Crippen LogP contribution in [-0.4, -0.2) is 29.3 Å². The second kappa shape index (κ2) is 5.78. The topological polar surface area (TPSA) is 20.3 Å². The van der Waals surface area contributed by atoms with Crippen LogP contribution in [0.1, 0.15) is 43.5 Å². The fourth-order valence-electron chi connectivity index (χ4n) is 2.81. The zero-order valence-electron chi connectivity index (χ0n) is 11.3. The zero-order valence-corrected chi connectivity index (χ0v) is 11.3. The molecular weight excluding hydrogens is 248 g/mol. The number of carbonyl (C=O) groups is 1. The SMILES string of the molecule is CCC1CCC(C)N1CC(=O)c1cc(F)ccc1F. The highest BCUT2D eigenvalue weighted by molar-refractivity contribution is 5.97. The number of benzene rings is 1. The van der Waals surface area contributed by atoms with Crippen LogP contribution in [0.25, 0.3) is 0 Å². The lowest BCUT2D eigenvalue weighted by atomic mass is 10.1. The molecule has 2 nitrogen and oxygen atoms in total. The van der Waals surface area contributed by atoms with Crippen LogP contribution >= 0.6 is 0 Å². The number of Topliss-reactive ketones (excluding diaryl/α,β-unsaturated/α-hetero) is 1. The molecule has 2 unspecified atom stereocenters. The fraction of sp³-hybridized carbons (Fsp3) is 0.533. The molecule has 4 heteroatoms. The number of hydrogen-bond acceptors (Lipinski definition) is 2. The number of nitrogens with zero attached hydrogens (tertiary/aromatic N) is 1. The van der Waals surface area contributed by atoms with E-state index in [1.54, 1.807) is 0 Å². The highest BCUT2D eigenvalue weighted by atomic mass is 19.1. The second-order valence-corrected chi connectivity index (χ2v) is 5.21. The predicted molar refractivity (Wildman–Crippen MR) is 70.2 cm³/mol. The molecule has 1 saturated heterocycles. The molecular formula is C15H19F2NO. The minimum absolute atomic E-state index is 0.144. The van der Waals surface area contributed by atoms with E-state index >= 15 is 0 Å². The van der Waals surface area contributed by atoms with Gasteiger partial charge in [-0.05, 0) is 44.4 Å². The van der Waals surface area contributed by atoms with Gasteiger partial charge in [-0.25, -0.2) is 8.78 Å². The van der Waals surface area contributed by atoms with Gasteiger partial charge in [0, 0.05) is 12.1 Å². The van der Waals surface area contributed by atoms with Gasteiger partial charge in [0.15, 0.2) is 5.78 Å². The van der Waals surface area contributed by atoms with Crippen molar-refractivity contribution in [3.8, 4) is 0 Å². The zero-order chi connectivity index (χ0) is 14.0. The van der Waals surface area contributed by atoms with Gasteiger partial charge >= 0.3 is 0 Å². The summed E-state index contributed by atoms with van der Waals surface area (Å²) in [6.45, 7) is 4.33. The molecule has 0 aromatic heterocycles. The highest BCUT2D eigenvalue weighted by Gasteiger charge is 2.31. The van der Waals surface area contributed by atoms with Crippen LogP contribution in [0, 0.1) is 11.6 Å². The molecule has 0 aliphatic carbocycles. The Morgan fingerprint density at radius 2 is 2.11 bits per heavy atom. The van der Waals surface area contributed by atoms with E-state index in [0.717, 1.165) is 37.5 Å². The smallest absolute Gasteiger partial charge is 0.179 e. The predicted octanol–water partition coefficient (Wildman–Crippen LogP) is 3.41. The van der Waals surface area contributed by atoms with E-state index in [2.05, 4.69) is 18.7 Å². The Hall–Kier alpha value is -1.29. The normalized spacial score (nSPS) is 23.8.